The summed E-state index contributed by atoms with van der Waals surface area (Å²) in [5.41, 5.74) is 6.83. The van der Waals surface area contributed by atoms with Gasteiger partial charge in [-0.2, -0.15) is 0 Å². The van der Waals surface area contributed by atoms with Gasteiger partial charge in [-0.15, -0.1) is 0 Å². The van der Waals surface area contributed by atoms with Gasteiger partial charge in [0.15, 0.2) is 0 Å². The van der Waals surface area contributed by atoms with Gasteiger partial charge in [-0.05, 0) is 80.6 Å². The molecule has 1 aliphatic heterocycles. The number of hydrogen-bond acceptors (Lipinski definition) is 5. The standard InChI is InChI=1S/C30H34N6O2/c1-18-12-20(3)34-30(38)25(18)16-33-29(37)24-13-22(14-26-28(24)19(2)17-36(26)23-5-6-23)21-4-7-27(32-15-21)35-10-8-31-9-11-35/h4,7,12-15,17,23,31H,5-6,8-11,16H2,1-3H3,(H,33,37)(H,34,38). The molecule has 1 aliphatic carbocycles. The average molecular weight is 511 g/mol. The van der Waals surface area contributed by atoms with Crippen molar-refractivity contribution in [1.82, 2.24) is 25.2 Å². The lowest BCUT2D eigenvalue weighted by molar-refractivity contribution is 0.0952. The number of carbonyl (C=O) groups excluding carboxylic acids is 1. The summed E-state index contributed by atoms with van der Waals surface area (Å²) in [6.07, 6.45) is 6.40. The Kier molecular flexibility index (Phi) is 6.27. The maximum atomic E-state index is 13.7. The zero-order valence-corrected chi connectivity index (χ0v) is 22.2. The zero-order valence-electron chi connectivity index (χ0n) is 22.2. The number of amides is 1. The van der Waals surface area contributed by atoms with E-state index in [9.17, 15) is 9.59 Å². The van der Waals surface area contributed by atoms with E-state index >= 15 is 0 Å². The Morgan fingerprint density at radius 2 is 1.84 bits per heavy atom. The normalized spacial score (nSPS) is 15.7. The quantitative estimate of drug-likeness (QED) is 0.365. The maximum absolute atomic E-state index is 13.7. The number of aryl methyl sites for hydroxylation is 3. The fourth-order valence-electron chi connectivity index (χ4n) is 5.59. The first-order chi connectivity index (χ1) is 18.4. The third-order valence-electron chi connectivity index (χ3n) is 7.75. The summed E-state index contributed by atoms with van der Waals surface area (Å²) in [6, 6.07) is 10.7. The summed E-state index contributed by atoms with van der Waals surface area (Å²) in [7, 11) is 0. The Morgan fingerprint density at radius 1 is 1.05 bits per heavy atom. The largest absolute Gasteiger partial charge is 0.354 e. The SMILES string of the molecule is Cc1cc(C)c(CNC(=O)c2cc(-c3ccc(N4CCNCC4)nc3)cc3c2c(C)cn3C2CC2)c(=O)[nH]1. The molecule has 3 N–H and O–H groups in total. The van der Waals surface area contributed by atoms with E-state index in [1.165, 1.54) is 0 Å². The van der Waals surface area contributed by atoms with Crippen molar-refractivity contribution in [1.29, 1.82) is 0 Å². The highest BCUT2D eigenvalue weighted by Gasteiger charge is 2.27. The van der Waals surface area contributed by atoms with Crippen molar-refractivity contribution in [3.05, 3.63) is 81.0 Å². The minimum atomic E-state index is -0.182. The second-order valence-electron chi connectivity index (χ2n) is 10.6. The Labute approximate surface area is 222 Å². The third kappa shape index (κ3) is 4.60. The van der Waals surface area contributed by atoms with E-state index in [2.05, 4.69) is 56.4 Å². The molecule has 2 aliphatic rings. The van der Waals surface area contributed by atoms with Crippen molar-refractivity contribution in [2.45, 2.75) is 46.2 Å². The van der Waals surface area contributed by atoms with E-state index in [0.717, 1.165) is 83.7 Å². The Hall–Kier alpha value is -3.91. The number of aromatic amines is 1. The van der Waals surface area contributed by atoms with Crippen molar-refractivity contribution >= 4 is 22.6 Å². The molecule has 0 atom stereocenters. The molecule has 0 bridgehead atoms. The number of fused-ring (bicyclic) bond motifs is 1. The topological polar surface area (TPSA) is 95.1 Å². The van der Waals surface area contributed by atoms with Crippen LogP contribution in [0.4, 0.5) is 5.82 Å². The molecule has 1 aromatic carbocycles. The number of hydrogen-bond donors (Lipinski definition) is 3. The molecule has 6 rings (SSSR count). The van der Waals surface area contributed by atoms with Gasteiger partial charge >= 0.3 is 0 Å². The molecule has 2 fully saturated rings. The van der Waals surface area contributed by atoms with Gasteiger partial charge in [-0.1, -0.05) is 0 Å². The van der Waals surface area contributed by atoms with Crippen LogP contribution in [0.25, 0.3) is 22.0 Å². The highest BCUT2D eigenvalue weighted by Crippen LogP contribution is 2.41. The predicted molar refractivity (Wildman–Crippen MR) is 151 cm³/mol. The average Bonchev–Trinajstić information content (AvgIpc) is 3.71. The van der Waals surface area contributed by atoms with Gasteiger partial charge in [0, 0.05) is 84.4 Å². The number of pyridine rings is 2. The number of carbonyl (C=O) groups is 1. The lowest BCUT2D eigenvalue weighted by Gasteiger charge is -2.28. The highest BCUT2D eigenvalue weighted by atomic mass is 16.1. The van der Waals surface area contributed by atoms with Crippen LogP contribution in [0, 0.1) is 20.8 Å². The van der Waals surface area contributed by atoms with Gasteiger partial charge in [-0.3, -0.25) is 9.59 Å². The van der Waals surface area contributed by atoms with Crippen LogP contribution >= 0.6 is 0 Å². The Bertz CT molecular complexity index is 1570. The number of nitrogens with zero attached hydrogens (tertiary/aromatic N) is 3. The van der Waals surface area contributed by atoms with Gasteiger partial charge < -0.3 is 25.1 Å². The van der Waals surface area contributed by atoms with Crippen molar-refractivity contribution in [2.75, 3.05) is 31.1 Å². The summed E-state index contributed by atoms with van der Waals surface area (Å²) in [5, 5.41) is 7.37. The van der Waals surface area contributed by atoms with Crippen LogP contribution in [0.1, 0.15) is 51.6 Å². The number of anilines is 1. The number of piperazine rings is 1. The van der Waals surface area contributed by atoms with Crippen LogP contribution in [0.15, 0.2) is 47.5 Å². The Morgan fingerprint density at radius 3 is 2.53 bits per heavy atom. The van der Waals surface area contributed by atoms with E-state index in [-0.39, 0.29) is 18.0 Å². The maximum Gasteiger partial charge on any atom is 0.253 e. The number of rotatable bonds is 6. The molecule has 1 amide bonds. The number of aromatic nitrogens is 3. The number of nitrogens with one attached hydrogen (secondary N) is 3. The van der Waals surface area contributed by atoms with Crippen LogP contribution in [0.3, 0.4) is 0 Å². The van der Waals surface area contributed by atoms with Crippen LogP contribution in [0.2, 0.25) is 0 Å². The molecule has 0 radical (unpaired) electrons. The van der Waals surface area contributed by atoms with Crippen LogP contribution in [0.5, 0.6) is 0 Å². The summed E-state index contributed by atoms with van der Waals surface area (Å²) < 4.78 is 2.32. The minimum Gasteiger partial charge on any atom is -0.354 e. The minimum absolute atomic E-state index is 0.159. The first-order valence-electron chi connectivity index (χ1n) is 13.4. The van der Waals surface area contributed by atoms with E-state index < -0.39 is 0 Å². The lowest BCUT2D eigenvalue weighted by Crippen LogP contribution is -2.43. The molecular weight excluding hydrogens is 476 g/mol. The van der Waals surface area contributed by atoms with Gasteiger partial charge in [0.2, 0.25) is 0 Å². The highest BCUT2D eigenvalue weighted by molar-refractivity contribution is 6.09. The molecule has 196 valence electrons. The zero-order chi connectivity index (χ0) is 26.4. The van der Waals surface area contributed by atoms with Crippen molar-refractivity contribution in [3.8, 4) is 11.1 Å². The van der Waals surface area contributed by atoms with Crippen molar-refractivity contribution in [3.63, 3.8) is 0 Å². The molecule has 1 saturated carbocycles. The summed E-state index contributed by atoms with van der Waals surface area (Å²) in [5.74, 6) is 0.795. The van der Waals surface area contributed by atoms with Crippen LogP contribution < -0.4 is 21.1 Å². The molecule has 1 saturated heterocycles. The monoisotopic (exact) mass is 510 g/mol. The van der Waals surface area contributed by atoms with E-state index in [1.54, 1.807) is 0 Å². The van der Waals surface area contributed by atoms with Crippen LogP contribution in [-0.4, -0.2) is 46.6 Å². The number of H-pyrrole nitrogens is 1. The molecule has 4 heterocycles. The van der Waals surface area contributed by atoms with Gasteiger partial charge in [0.05, 0.1) is 0 Å². The summed E-state index contributed by atoms with van der Waals surface area (Å²) >= 11 is 0. The third-order valence-corrected chi connectivity index (χ3v) is 7.75. The van der Waals surface area contributed by atoms with E-state index in [0.29, 0.717) is 17.2 Å². The van der Waals surface area contributed by atoms with Crippen LogP contribution in [-0.2, 0) is 6.54 Å². The second-order valence-corrected chi connectivity index (χ2v) is 10.6. The number of benzene rings is 1. The molecule has 8 heteroatoms. The van der Waals surface area contributed by atoms with Crippen molar-refractivity contribution < 1.29 is 4.79 Å². The molecular formula is C30H34N6O2. The molecule has 0 unspecified atom stereocenters. The molecule has 8 nitrogen and oxygen atoms in total. The molecule has 38 heavy (non-hydrogen) atoms. The molecule has 3 aromatic heterocycles. The van der Waals surface area contributed by atoms with Gasteiger partial charge in [0.1, 0.15) is 5.82 Å². The Balaban J connectivity index is 1.37. The smallest absolute Gasteiger partial charge is 0.253 e. The van der Waals surface area contributed by atoms with E-state index in [4.69, 9.17) is 4.98 Å². The summed E-state index contributed by atoms with van der Waals surface area (Å²) in [6.45, 7) is 9.82. The summed E-state index contributed by atoms with van der Waals surface area (Å²) in [4.78, 5) is 36.1. The molecule has 0 spiro atoms. The fraction of sp³-hybridized carbons (Fsp3) is 0.367. The van der Waals surface area contributed by atoms with E-state index in [1.807, 2.05) is 32.2 Å². The second kappa shape index (κ2) is 9.76. The van der Waals surface area contributed by atoms with Crippen molar-refractivity contribution in [2.24, 2.45) is 0 Å². The first-order valence-corrected chi connectivity index (χ1v) is 13.4. The first kappa shape index (κ1) is 24.4. The fourth-order valence-corrected chi connectivity index (χ4v) is 5.59. The predicted octanol–water partition coefficient (Wildman–Crippen LogP) is 3.99. The van der Waals surface area contributed by atoms with Gasteiger partial charge in [-0.25, -0.2) is 4.98 Å². The lowest BCUT2D eigenvalue weighted by atomic mass is 9.98. The molecule has 4 aromatic rings. The van der Waals surface area contributed by atoms with Gasteiger partial charge in [0.25, 0.3) is 11.5 Å².